The zero-order chi connectivity index (χ0) is 12.7. The van der Waals surface area contributed by atoms with Gasteiger partial charge in [0.25, 0.3) is 0 Å². The average molecular weight is 238 g/mol. The third kappa shape index (κ3) is 4.00. The van der Waals surface area contributed by atoms with Gasteiger partial charge in [-0.3, -0.25) is 0 Å². The van der Waals surface area contributed by atoms with E-state index in [4.69, 9.17) is 15.6 Å². The Balaban J connectivity index is 2.82. The molecule has 3 N–H and O–H groups in total. The number of benzene rings is 1. The SMILES string of the molecule is COCCN(CCO)c1ccc(CN)c(C)c1. The first-order chi connectivity index (χ1) is 8.22. The lowest BCUT2D eigenvalue weighted by Gasteiger charge is -2.24. The Bertz CT molecular complexity index is 342. The van der Waals surface area contributed by atoms with Crippen molar-refractivity contribution in [2.45, 2.75) is 13.5 Å². The Hall–Kier alpha value is -1.10. The number of nitrogens with two attached hydrogens (primary N) is 1. The number of methoxy groups -OCH3 is 1. The first kappa shape index (κ1) is 14.0. The molecule has 0 radical (unpaired) electrons. The number of aliphatic hydroxyl groups is 1. The van der Waals surface area contributed by atoms with Crippen molar-refractivity contribution < 1.29 is 9.84 Å². The van der Waals surface area contributed by atoms with Crippen LogP contribution in [0.3, 0.4) is 0 Å². The van der Waals surface area contributed by atoms with Crippen LogP contribution >= 0.6 is 0 Å². The molecule has 17 heavy (non-hydrogen) atoms. The molecule has 96 valence electrons. The number of nitrogens with zero attached hydrogens (tertiary/aromatic N) is 1. The molecule has 0 fully saturated rings. The Morgan fingerprint density at radius 1 is 1.35 bits per heavy atom. The summed E-state index contributed by atoms with van der Waals surface area (Å²) in [6.45, 7) is 4.80. The standard InChI is InChI=1S/C13H22N2O2/c1-11-9-13(4-3-12(11)10-14)15(5-7-16)6-8-17-2/h3-4,9,16H,5-8,10,14H2,1-2H3. The lowest BCUT2D eigenvalue weighted by atomic mass is 10.1. The van der Waals surface area contributed by atoms with Crippen LogP contribution < -0.4 is 10.6 Å². The third-order valence-electron chi connectivity index (χ3n) is 2.85. The van der Waals surface area contributed by atoms with Crippen molar-refractivity contribution in [1.29, 1.82) is 0 Å². The van der Waals surface area contributed by atoms with Gasteiger partial charge in [0.05, 0.1) is 13.2 Å². The molecule has 1 rings (SSSR count). The van der Waals surface area contributed by atoms with Crippen LogP contribution in [0.4, 0.5) is 5.69 Å². The summed E-state index contributed by atoms with van der Waals surface area (Å²) in [6.07, 6.45) is 0. The molecule has 0 aliphatic heterocycles. The second-order valence-electron chi connectivity index (χ2n) is 4.02. The first-order valence-electron chi connectivity index (χ1n) is 5.87. The van der Waals surface area contributed by atoms with Gasteiger partial charge < -0.3 is 20.5 Å². The molecule has 4 nitrogen and oxygen atoms in total. The lowest BCUT2D eigenvalue weighted by Crippen LogP contribution is -2.30. The van der Waals surface area contributed by atoms with E-state index in [9.17, 15) is 0 Å². The number of hydrogen-bond acceptors (Lipinski definition) is 4. The molecule has 1 aromatic carbocycles. The fourth-order valence-corrected chi connectivity index (χ4v) is 1.80. The van der Waals surface area contributed by atoms with Crippen LogP contribution in [0.5, 0.6) is 0 Å². The molecule has 0 saturated carbocycles. The second-order valence-corrected chi connectivity index (χ2v) is 4.02. The van der Waals surface area contributed by atoms with E-state index in [1.807, 2.05) is 12.1 Å². The number of anilines is 1. The van der Waals surface area contributed by atoms with Gasteiger partial charge in [0.15, 0.2) is 0 Å². The zero-order valence-corrected chi connectivity index (χ0v) is 10.6. The van der Waals surface area contributed by atoms with Gasteiger partial charge in [-0.2, -0.15) is 0 Å². The molecule has 0 aliphatic carbocycles. The summed E-state index contributed by atoms with van der Waals surface area (Å²) in [7, 11) is 1.68. The molecule has 4 heteroatoms. The van der Waals surface area contributed by atoms with Gasteiger partial charge in [-0.25, -0.2) is 0 Å². The molecule has 0 bridgehead atoms. The van der Waals surface area contributed by atoms with E-state index < -0.39 is 0 Å². The summed E-state index contributed by atoms with van der Waals surface area (Å²) in [6, 6.07) is 6.19. The van der Waals surface area contributed by atoms with Crippen molar-refractivity contribution in [2.75, 3.05) is 38.3 Å². The van der Waals surface area contributed by atoms with E-state index in [0.29, 0.717) is 19.7 Å². The molecular weight excluding hydrogens is 216 g/mol. The van der Waals surface area contributed by atoms with Gasteiger partial charge in [-0.1, -0.05) is 6.07 Å². The molecule has 0 heterocycles. The number of rotatable bonds is 7. The summed E-state index contributed by atoms with van der Waals surface area (Å²) in [5.41, 5.74) is 9.09. The molecule has 0 unspecified atom stereocenters. The lowest BCUT2D eigenvalue weighted by molar-refractivity contribution is 0.203. The summed E-state index contributed by atoms with van der Waals surface area (Å²) in [5.74, 6) is 0. The van der Waals surface area contributed by atoms with E-state index in [1.165, 1.54) is 5.56 Å². The number of ether oxygens (including phenoxy) is 1. The maximum Gasteiger partial charge on any atom is 0.0637 e. The minimum Gasteiger partial charge on any atom is -0.395 e. The maximum absolute atomic E-state index is 9.06. The van der Waals surface area contributed by atoms with Crippen molar-refractivity contribution in [2.24, 2.45) is 5.73 Å². The Kier molecular flexibility index (Phi) is 5.97. The highest BCUT2D eigenvalue weighted by atomic mass is 16.5. The van der Waals surface area contributed by atoms with Crippen molar-refractivity contribution in [3.05, 3.63) is 29.3 Å². The molecule has 0 spiro atoms. The van der Waals surface area contributed by atoms with E-state index in [0.717, 1.165) is 17.8 Å². The molecule has 0 amide bonds. The minimum absolute atomic E-state index is 0.140. The zero-order valence-electron chi connectivity index (χ0n) is 10.6. The molecule has 0 atom stereocenters. The van der Waals surface area contributed by atoms with Gasteiger partial charge in [0, 0.05) is 32.4 Å². The average Bonchev–Trinajstić information content (AvgIpc) is 2.34. The monoisotopic (exact) mass is 238 g/mol. The van der Waals surface area contributed by atoms with E-state index >= 15 is 0 Å². The van der Waals surface area contributed by atoms with Gasteiger partial charge in [0.1, 0.15) is 0 Å². The van der Waals surface area contributed by atoms with Crippen LogP contribution in [0.2, 0.25) is 0 Å². The largest absolute Gasteiger partial charge is 0.395 e. The number of aliphatic hydroxyl groups excluding tert-OH is 1. The predicted molar refractivity (Wildman–Crippen MR) is 70.2 cm³/mol. The van der Waals surface area contributed by atoms with Crippen molar-refractivity contribution >= 4 is 5.69 Å². The van der Waals surface area contributed by atoms with Gasteiger partial charge >= 0.3 is 0 Å². The summed E-state index contributed by atoms with van der Waals surface area (Å²) < 4.78 is 5.07. The van der Waals surface area contributed by atoms with E-state index in [2.05, 4.69) is 17.9 Å². The number of aryl methyl sites for hydroxylation is 1. The molecule has 0 aromatic heterocycles. The summed E-state index contributed by atoms with van der Waals surface area (Å²) in [4.78, 5) is 2.11. The third-order valence-corrected chi connectivity index (χ3v) is 2.85. The molecule has 0 aliphatic rings. The summed E-state index contributed by atoms with van der Waals surface area (Å²) in [5, 5.41) is 9.06. The van der Waals surface area contributed by atoms with Crippen LogP contribution in [0, 0.1) is 6.92 Å². The summed E-state index contributed by atoms with van der Waals surface area (Å²) >= 11 is 0. The minimum atomic E-state index is 0.140. The van der Waals surface area contributed by atoms with Gasteiger partial charge in [-0.15, -0.1) is 0 Å². The van der Waals surface area contributed by atoms with E-state index in [1.54, 1.807) is 7.11 Å². The fraction of sp³-hybridized carbons (Fsp3) is 0.538. The number of hydrogen-bond donors (Lipinski definition) is 2. The first-order valence-corrected chi connectivity index (χ1v) is 5.87. The molecule has 1 aromatic rings. The van der Waals surface area contributed by atoms with Crippen LogP contribution in [0.15, 0.2) is 18.2 Å². The molecule has 0 saturated heterocycles. The van der Waals surface area contributed by atoms with Crippen LogP contribution in [0.1, 0.15) is 11.1 Å². The van der Waals surface area contributed by atoms with Gasteiger partial charge in [-0.05, 0) is 30.2 Å². The highest BCUT2D eigenvalue weighted by Gasteiger charge is 2.07. The van der Waals surface area contributed by atoms with Crippen LogP contribution in [-0.4, -0.2) is 38.5 Å². The Labute approximate surface area is 103 Å². The van der Waals surface area contributed by atoms with Crippen molar-refractivity contribution in [3.8, 4) is 0 Å². The molecular formula is C13H22N2O2. The quantitative estimate of drug-likeness (QED) is 0.741. The van der Waals surface area contributed by atoms with Crippen LogP contribution in [0.25, 0.3) is 0 Å². The Morgan fingerprint density at radius 2 is 2.12 bits per heavy atom. The van der Waals surface area contributed by atoms with Crippen molar-refractivity contribution in [3.63, 3.8) is 0 Å². The highest BCUT2D eigenvalue weighted by Crippen LogP contribution is 2.18. The Morgan fingerprint density at radius 3 is 2.65 bits per heavy atom. The van der Waals surface area contributed by atoms with Gasteiger partial charge in [0.2, 0.25) is 0 Å². The maximum atomic E-state index is 9.06. The topological polar surface area (TPSA) is 58.7 Å². The van der Waals surface area contributed by atoms with Crippen LogP contribution in [-0.2, 0) is 11.3 Å². The predicted octanol–water partition coefficient (Wildman–Crippen LogP) is 0.899. The highest BCUT2D eigenvalue weighted by molar-refractivity contribution is 5.50. The smallest absolute Gasteiger partial charge is 0.0637 e. The van der Waals surface area contributed by atoms with E-state index in [-0.39, 0.29) is 6.61 Å². The normalized spacial score (nSPS) is 10.6. The van der Waals surface area contributed by atoms with Crippen molar-refractivity contribution in [1.82, 2.24) is 0 Å². The second kappa shape index (κ2) is 7.27. The fourth-order valence-electron chi connectivity index (χ4n) is 1.80.